The average molecular weight is 383 g/mol. The van der Waals surface area contributed by atoms with E-state index < -0.39 is 8.07 Å². The summed E-state index contributed by atoms with van der Waals surface area (Å²) >= 11 is 0. The largest absolute Gasteiger partial charge is 0.381 e. The Morgan fingerprint density at radius 1 is 0.654 bits per heavy atom. The summed E-state index contributed by atoms with van der Waals surface area (Å²) in [5.41, 5.74) is 3.45. The van der Waals surface area contributed by atoms with Gasteiger partial charge in [-0.2, -0.15) is 0 Å². The molecule has 0 N–H and O–H groups in total. The second-order valence-corrected chi connectivity index (χ2v) is 13.5. The molecule has 0 aromatic rings. The lowest BCUT2D eigenvalue weighted by Gasteiger charge is -2.07. The minimum atomic E-state index is -1.15. The van der Waals surface area contributed by atoms with Crippen molar-refractivity contribution in [3.8, 4) is 11.5 Å². The molecule has 0 unspecified atom stereocenters. The van der Waals surface area contributed by atoms with E-state index in [4.69, 9.17) is 9.47 Å². The van der Waals surface area contributed by atoms with Crippen LogP contribution in [0.15, 0.2) is 0 Å². The molecule has 0 fully saturated rings. The summed E-state index contributed by atoms with van der Waals surface area (Å²) in [4.78, 5) is 0. The van der Waals surface area contributed by atoms with Crippen molar-refractivity contribution in [1.29, 1.82) is 0 Å². The Kier molecular flexibility index (Phi) is 17.9. The molecule has 0 rings (SSSR count). The number of ether oxygens (including phenoxy) is 2. The molecular weight excluding hydrogens is 336 g/mol. The monoisotopic (exact) mass is 382 g/mol. The Balaban J connectivity index is 3.10. The number of rotatable bonds is 17. The van der Waals surface area contributed by atoms with Gasteiger partial charge in [0, 0.05) is 26.2 Å². The maximum atomic E-state index is 5.65. The normalized spacial score (nSPS) is 11.6. The first kappa shape index (κ1) is 25.7. The van der Waals surface area contributed by atoms with Gasteiger partial charge in [0.2, 0.25) is 0 Å². The van der Waals surface area contributed by atoms with E-state index in [0.717, 1.165) is 32.7 Å². The van der Waals surface area contributed by atoms with E-state index >= 15 is 0 Å². The Labute approximate surface area is 165 Å². The molecular formula is C23H46O2Si. The molecule has 2 nitrogen and oxygen atoms in total. The van der Waals surface area contributed by atoms with Gasteiger partial charge in [-0.15, -0.1) is 11.5 Å². The first-order valence-electron chi connectivity index (χ1n) is 11.1. The molecule has 0 spiro atoms. The number of hydrogen-bond donors (Lipinski definition) is 0. The molecule has 0 atom stereocenters. The summed E-state index contributed by atoms with van der Waals surface area (Å²) in [5.74, 6) is 3.37. The van der Waals surface area contributed by atoms with E-state index in [9.17, 15) is 0 Å². The molecule has 0 heterocycles. The van der Waals surface area contributed by atoms with Crippen LogP contribution in [0.25, 0.3) is 0 Å². The van der Waals surface area contributed by atoms with Gasteiger partial charge in [0.15, 0.2) is 0 Å². The minimum absolute atomic E-state index is 0.337. The third kappa shape index (κ3) is 23.7. The molecule has 3 heteroatoms. The smallest absolute Gasteiger partial charge is 0.129 e. The molecule has 0 aromatic carbocycles. The molecule has 0 saturated carbocycles. The Hall–Kier alpha value is -0.303. The van der Waals surface area contributed by atoms with E-state index in [1.165, 1.54) is 64.2 Å². The summed E-state index contributed by atoms with van der Waals surface area (Å²) in [7, 11) is -1.15. The molecule has 0 aromatic heterocycles. The van der Waals surface area contributed by atoms with Crippen LogP contribution in [0, 0.1) is 11.5 Å². The highest BCUT2D eigenvalue weighted by molar-refractivity contribution is 6.83. The second-order valence-electron chi connectivity index (χ2n) is 8.72. The van der Waals surface area contributed by atoms with Gasteiger partial charge < -0.3 is 9.47 Å². The van der Waals surface area contributed by atoms with Gasteiger partial charge in [-0.1, -0.05) is 71.0 Å². The Morgan fingerprint density at radius 2 is 1.15 bits per heavy atom. The molecule has 154 valence electrons. The molecule has 0 radical (unpaired) electrons. The molecule has 0 aliphatic heterocycles. The van der Waals surface area contributed by atoms with Gasteiger partial charge in [0.1, 0.15) is 8.07 Å². The van der Waals surface area contributed by atoms with Gasteiger partial charge >= 0.3 is 0 Å². The van der Waals surface area contributed by atoms with Gasteiger partial charge in [0.25, 0.3) is 0 Å². The van der Waals surface area contributed by atoms with Crippen molar-refractivity contribution in [2.45, 2.75) is 117 Å². The van der Waals surface area contributed by atoms with Crippen LogP contribution in [0.5, 0.6) is 0 Å². The van der Waals surface area contributed by atoms with Crippen molar-refractivity contribution in [1.82, 2.24) is 0 Å². The van der Waals surface area contributed by atoms with E-state index in [-0.39, 0.29) is 0 Å². The zero-order valence-electron chi connectivity index (χ0n) is 18.5. The van der Waals surface area contributed by atoms with Gasteiger partial charge in [-0.25, -0.2) is 0 Å². The summed E-state index contributed by atoms with van der Waals surface area (Å²) < 4.78 is 11.1. The Bertz CT molecular complexity index is 349. The number of unbranched alkanes of at least 4 members (excludes halogenated alkanes) is 10. The molecule has 0 saturated heterocycles. The second kappa shape index (κ2) is 18.1. The lowest BCUT2D eigenvalue weighted by atomic mass is 10.1. The van der Waals surface area contributed by atoms with Crippen molar-refractivity contribution in [3.63, 3.8) is 0 Å². The van der Waals surface area contributed by atoms with Crippen LogP contribution >= 0.6 is 0 Å². The van der Waals surface area contributed by atoms with Crippen molar-refractivity contribution in [2.75, 3.05) is 19.8 Å². The standard InChI is InChI=1S/C23H46O2Si/c1-23(2)25-21-18-20-24-19-16-14-12-10-8-6-7-9-11-13-15-17-22-26(3,4)5/h23H,6-16,18-21H2,1-5H3. The minimum Gasteiger partial charge on any atom is -0.381 e. The fourth-order valence-electron chi connectivity index (χ4n) is 2.74. The van der Waals surface area contributed by atoms with Crippen LogP contribution in [0.3, 0.4) is 0 Å². The first-order valence-corrected chi connectivity index (χ1v) is 14.6. The molecule has 0 amide bonds. The maximum absolute atomic E-state index is 5.65. The fourth-order valence-corrected chi connectivity index (χ4v) is 3.40. The van der Waals surface area contributed by atoms with Gasteiger partial charge in [-0.3, -0.25) is 0 Å². The molecule has 0 aliphatic rings. The van der Waals surface area contributed by atoms with Gasteiger partial charge in [-0.05, 0) is 33.1 Å². The highest BCUT2D eigenvalue weighted by Gasteiger charge is 2.06. The van der Waals surface area contributed by atoms with Crippen molar-refractivity contribution < 1.29 is 9.47 Å². The predicted molar refractivity (Wildman–Crippen MR) is 118 cm³/mol. The average Bonchev–Trinajstić information content (AvgIpc) is 2.55. The third-order valence-corrected chi connectivity index (χ3v) is 5.11. The van der Waals surface area contributed by atoms with E-state index in [0.29, 0.717) is 6.10 Å². The summed E-state index contributed by atoms with van der Waals surface area (Å²) in [6, 6.07) is 0. The summed E-state index contributed by atoms with van der Waals surface area (Å²) in [5, 5.41) is 0. The van der Waals surface area contributed by atoms with Crippen LogP contribution in [0.2, 0.25) is 19.6 Å². The lowest BCUT2D eigenvalue weighted by molar-refractivity contribution is 0.0507. The lowest BCUT2D eigenvalue weighted by Crippen LogP contribution is -2.16. The predicted octanol–water partition coefficient (Wildman–Crippen LogP) is 6.99. The fraction of sp³-hybridized carbons (Fsp3) is 0.913. The molecule has 0 bridgehead atoms. The van der Waals surface area contributed by atoms with E-state index in [1.54, 1.807) is 0 Å². The Morgan fingerprint density at radius 3 is 1.69 bits per heavy atom. The SMILES string of the molecule is CC(C)OCCCOCCCCCCCCCCCCC#C[Si](C)(C)C. The highest BCUT2D eigenvalue weighted by Crippen LogP contribution is 2.11. The van der Waals surface area contributed by atoms with Crippen molar-refractivity contribution in [2.24, 2.45) is 0 Å². The van der Waals surface area contributed by atoms with Crippen LogP contribution in [0.4, 0.5) is 0 Å². The van der Waals surface area contributed by atoms with Crippen molar-refractivity contribution >= 4 is 8.07 Å². The number of hydrogen-bond acceptors (Lipinski definition) is 2. The quantitative estimate of drug-likeness (QED) is 0.153. The topological polar surface area (TPSA) is 18.5 Å². The summed E-state index contributed by atoms with van der Waals surface area (Å²) in [6.07, 6.45) is 16.0. The van der Waals surface area contributed by atoms with Crippen LogP contribution in [0.1, 0.15) is 90.9 Å². The van der Waals surface area contributed by atoms with Crippen LogP contribution < -0.4 is 0 Å². The zero-order chi connectivity index (χ0) is 19.5. The maximum Gasteiger partial charge on any atom is 0.129 e. The van der Waals surface area contributed by atoms with Gasteiger partial charge in [0.05, 0.1) is 6.10 Å². The first-order chi connectivity index (χ1) is 12.4. The van der Waals surface area contributed by atoms with E-state index in [1.807, 2.05) is 0 Å². The third-order valence-electron chi connectivity index (χ3n) is 4.19. The van der Waals surface area contributed by atoms with E-state index in [2.05, 4.69) is 45.0 Å². The van der Waals surface area contributed by atoms with Crippen molar-refractivity contribution in [3.05, 3.63) is 0 Å². The molecule has 26 heavy (non-hydrogen) atoms. The van der Waals surface area contributed by atoms with Crippen LogP contribution in [-0.4, -0.2) is 34.0 Å². The highest BCUT2D eigenvalue weighted by atomic mass is 28.3. The molecule has 0 aliphatic carbocycles. The summed E-state index contributed by atoms with van der Waals surface area (Å²) in [6.45, 7) is 13.7. The van der Waals surface area contributed by atoms with Crippen LogP contribution in [-0.2, 0) is 9.47 Å². The zero-order valence-corrected chi connectivity index (χ0v) is 19.5.